The van der Waals surface area contributed by atoms with Crippen LogP contribution in [0, 0.1) is 0 Å². The Balaban J connectivity index is 2.54. The topological polar surface area (TPSA) is 62.4 Å². The molecule has 0 saturated carbocycles. The first-order valence-electron chi connectivity index (χ1n) is 9.34. The normalized spacial score (nSPS) is 12.2. The molecular weight excluding hydrogens is 441 g/mol. The summed E-state index contributed by atoms with van der Waals surface area (Å²) in [4.78, 5) is 12.2. The predicted molar refractivity (Wildman–Crippen MR) is 123 cm³/mol. The van der Waals surface area contributed by atoms with Gasteiger partial charge in [0.25, 0.3) is 0 Å². The molecule has 1 aromatic carbocycles. The fourth-order valence-electron chi connectivity index (χ4n) is 2.54. The molecule has 0 fully saturated rings. The predicted octanol–water partition coefficient (Wildman–Crippen LogP) is 5.54. The lowest BCUT2D eigenvalue weighted by Crippen LogP contribution is -2.56. The number of para-hydroxylation sites is 2. The maximum absolute atomic E-state index is 12.2. The van der Waals surface area contributed by atoms with Crippen molar-refractivity contribution in [1.82, 2.24) is 10.6 Å². The first-order valence-corrected chi connectivity index (χ1v) is 10.9. The Bertz CT molecular complexity index is 627. The summed E-state index contributed by atoms with van der Waals surface area (Å²) in [5.74, 6) is 0.420. The molecule has 0 aromatic heterocycles. The number of halogens is 3. The van der Waals surface area contributed by atoms with Gasteiger partial charge in [-0.05, 0) is 30.8 Å². The van der Waals surface area contributed by atoms with Crippen LogP contribution in [0.2, 0.25) is 0 Å². The highest BCUT2D eigenvalue weighted by molar-refractivity contribution is 7.80. The van der Waals surface area contributed by atoms with E-state index in [1.54, 1.807) is 19.2 Å². The SMILES string of the molecule is CCCCCCCCC(=O)N[C@@H](NC(=S)Nc1ccccc1OC)C(Cl)(Cl)Cl. The molecule has 0 unspecified atom stereocenters. The second-order valence-corrected chi connectivity index (χ2v) is 9.14. The van der Waals surface area contributed by atoms with Gasteiger partial charge in [0.05, 0.1) is 12.8 Å². The van der Waals surface area contributed by atoms with Crippen LogP contribution in [0.1, 0.15) is 51.9 Å². The largest absolute Gasteiger partial charge is 0.495 e. The second kappa shape index (κ2) is 13.3. The van der Waals surface area contributed by atoms with Crippen LogP contribution in [-0.2, 0) is 4.79 Å². The molecule has 0 spiro atoms. The minimum absolute atomic E-state index is 0.195. The summed E-state index contributed by atoms with van der Waals surface area (Å²) in [6.45, 7) is 2.17. The number of hydrogen-bond donors (Lipinski definition) is 3. The first kappa shape index (κ1) is 25.1. The summed E-state index contributed by atoms with van der Waals surface area (Å²) < 4.78 is 3.49. The van der Waals surface area contributed by atoms with E-state index in [4.69, 9.17) is 51.8 Å². The number of unbranched alkanes of at least 4 members (excludes halogenated alkanes) is 5. The molecule has 0 bridgehead atoms. The lowest BCUT2D eigenvalue weighted by molar-refractivity contribution is -0.122. The molecule has 0 heterocycles. The van der Waals surface area contributed by atoms with Crippen molar-refractivity contribution in [2.45, 2.75) is 61.8 Å². The van der Waals surface area contributed by atoms with Crippen LogP contribution >= 0.6 is 47.0 Å². The van der Waals surface area contributed by atoms with Gasteiger partial charge >= 0.3 is 0 Å². The zero-order chi connectivity index (χ0) is 21.0. The van der Waals surface area contributed by atoms with Crippen molar-refractivity contribution in [1.29, 1.82) is 0 Å². The molecule has 1 aromatic rings. The molecule has 1 amide bonds. The third-order valence-electron chi connectivity index (χ3n) is 4.02. The molecule has 1 atom stereocenters. The average Bonchev–Trinajstić information content (AvgIpc) is 2.63. The Hall–Kier alpha value is -0.950. The average molecular weight is 469 g/mol. The number of carbonyl (C=O) groups excluding carboxylic acids is 1. The monoisotopic (exact) mass is 467 g/mol. The quantitative estimate of drug-likeness (QED) is 0.172. The van der Waals surface area contributed by atoms with Crippen molar-refractivity contribution in [2.75, 3.05) is 12.4 Å². The van der Waals surface area contributed by atoms with E-state index in [2.05, 4.69) is 22.9 Å². The van der Waals surface area contributed by atoms with E-state index in [0.717, 1.165) is 19.3 Å². The molecule has 0 aliphatic heterocycles. The summed E-state index contributed by atoms with van der Waals surface area (Å²) in [7, 11) is 1.56. The van der Waals surface area contributed by atoms with Gasteiger partial charge in [0.1, 0.15) is 11.9 Å². The fraction of sp³-hybridized carbons (Fsp3) is 0.579. The molecule has 0 radical (unpaired) electrons. The van der Waals surface area contributed by atoms with Crippen LogP contribution in [0.4, 0.5) is 5.69 Å². The van der Waals surface area contributed by atoms with Gasteiger partial charge in [-0.15, -0.1) is 0 Å². The van der Waals surface area contributed by atoms with Crippen LogP contribution in [0.3, 0.4) is 0 Å². The van der Waals surface area contributed by atoms with E-state index in [0.29, 0.717) is 17.9 Å². The molecule has 0 saturated heterocycles. The second-order valence-electron chi connectivity index (χ2n) is 6.36. The van der Waals surface area contributed by atoms with Gasteiger partial charge in [-0.25, -0.2) is 0 Å². The van der Waals surface area contributed by atoms with Crippen LogP contribution in [0.15, 0.2) is 24.3 Å². The molecule has 0 aliphatic rings. The minimum Gasteiger partial charge on any atom is -0.495 e. The van der Waals surface area contributed by atoms with Gasteiger partial charge in [0.2, 0.25) is 9.70 Å². The van der Waals surface area contributed by atoms with Crippen LogP contribution in [0.25, 0.3) is 0 Å². The number of ether oxygens (including phenoxy) is 1. The van der Waals surface area contributed by atoms with Crippen molar-refractivity contribution in [3.63, 3.8) is 0 Å². The van der Waals surface area contributed by atoms with Crippen LogP contribution < -0.4 is 20.7 Å². The van der Waals surface area contributed by atoms with Crippen molar-refractivity contribution >= 4 is 63.7 Å². The van der Waals surface area contributed by atoms with Crippen LogP contribution in [-0.4, -0.2) is 28.1 Å². The summed E-state index contributed by atoms with van der Waals surface area (Å²) in [6, 6.07) is 7.27. The molecular formula is C19H28Cl3N3O2S. The minimum atomic E-state index is -1.77. The van der Waals surface area contributed by atoms with E-state index in [1.165, 1.54) is 19.3 Å². The Morgan fingerprint density at radius 1 is 1.11 bits per heavy atom. The molecule has 158 valence electrons. The number of nitrogens with one attached hydrogen (secondary N) is 3. The van der Waals surface area contributed by atoms with Crippen molar-refractivity contribution in [2.24, 2.45) is 0 Å². The van der Waals surface area contributed by atoms with Crippen LogP contribution in [0.5, 0.6) is 5.75 Å². The molecule has 1 rings (SSSR count). The summed E-state index contributed by atoms with van der Waals surface area (Å²) in [5.41, 5.74) is 0.656. The Kier molecular flexibility index (Phi) is 11.9. The summed E-state index contributed by atoms with van der Waals surface area (Å²) in [5, 5.41) is 8.71. The number of alkyl halides is 3. The number of hydrogen-bond acceptors (Lipinski definition) is 3. The van der Waals surface area contributed by atoms with E-state index in [1.807, 2.05) is 12.1 Å². The molecule has 3 N–H and O–H groups in total. The highest BCUT2D eigenvalue weighted by atomic mass is 35.6. The molecule has 9 heteroatoms. The lowest BCUT2D eigenvalue weighted by Gasteiger charge is -2.28. The third kappa shape index (κ3) is 10.0. The van der Waals surface area contributed by atoms with Crippen molar-refractivity contribution in [3.8, 4) is 5.75 Å². The zero-order valence-electron chi connectivity index (χ0n) is 16.2. The number of methoxy groups -OCH3 is 1. The van der Waals surface area contributed by atoms with Gasteiger partial charge in [-0.1, -0.05) is 86.0 Å². The Labute approximate surface area is 187 Å². The number of carbonyl (C=O) groups is 1. The molecule has 5 nitrogen and oxygen atoms in total. The zero-order valence-corrected chi connectivity index (χ0v) is 19.3. The van der Waals surface area contributed by atoms with E-state index in [9.17, 15) is 4.79 Å². The van der Waals surface area contributed by atoms with E-state index in [-0.39, 0.29) is 11.0 Å². The number of amides is 1. The maximum atomic E-state index is 12.2. The standard InChI is InChI=1S/C19H28Cl3N3O2S/c1-3-4-5-6-7-8-13-16(26)24-17(19(20,21)22)25-18(28)23-14-11-9-10-12-15(14)27-2/h9-12,17H,3-8,13H2,1-2H3,(H,24,26)(H2,23,25,28)/t17-/m0/s1. The Morgan fingerprint density at radius 2 is 1.75 bits per heavy atom. The smallest absolute Gasteiger partial charge is 0.228 e. The highest BCUT2D eigenvalue weighted by Crippen LogP contribution is 2.29. The number of anilines is 1. The van der Waals surface area contributed by atoms with Gasteiger partial charge < -0.3 is 20.7 Å². The summed E-state index contributed by atoms with van der Waals surface area (Å²) >= 11 is 23.3. The van der Waals surface area contributed by atoms with Gasteiger partial charge in [-0.2, -0.15) is 0 Å². The molecule has 28 heavy (non-hydrogen) atoms. The number of benzene rings is 1. The Morgan fingerprint density at radius 3 is 2.39 bits per heavy atom. The van der Waals surface area contributed by atoms with Gasteiger partial charge in [-0.3, -0.25) is 4.79 Å². The third-order valence-corrected chi connectivity index (χ3v) is 4.90. The number of thiocarbonyl (C=S) groups is 1. The first-order chi connectivity index (χ1) is 13.3. The van der Waals surface area contributed by atoms with E-state index < -0.39 is 9.96 Å². The lowest BCUT2D eigenvalue weighted by atomic mass is 10.1. The maximum Gasteiger partial charge on any atom is 0.228 e. The van der Waals surface area contributed by atoms with Gasteiger partial charge in [0, 0.05) is 6.42 Å². The number of rotatable bonds is 11. The van der Waals surface area contributed by atoms with Crippen molar-refractivity contribution < 1.29 is 9.53 Å². The fourth-order valence-corrected chi connectivity index (χ4v) is 3.09. The van der Waals surface area contributed by atoms with Crippen molar-refractivity contribution in [3.05, 3.63) is 24.3 Å². The molecule has 0 aliphatic carbocycles. The van der Waals surface area contributed by atoms with E-state index >= 15 is 0 Å². The highest BCUT2D eigenvalue weighted by Gasteiger charge is 2.34. The van der Waals surface area contributed by atoms with Gasteiger partial charge in [0.15, 0.2) is 5.11 Å². The summed E-state index contributed by atoms with van der Waals surface area (Å²) in [6.07, 6.45) is 5.94.